The summed E-state index contributed by atoms with van der Waals surface area (Å²) in [6, 6.07) is 5.57. The molecule has 8 heteroatoms. The van der Waals surface area contributed by atoms with Gasteiger partial charge in [-0.05, 0) is 44.0 Å². The smallest absolute Gasteiger partial charge is 0.305 e. The van der Waals surface area contributed by atoms with Gasteiger partial charge in [-0.3, -0.25) is 19.2 Å². The lowest BCUT2D eigenvalue weighted by Crippen LogP contribution is -2.43. The molecule has 1 aromatic rings. The molecule has 1 aliphatic rings. The number of anilines is 1. The Hall–Kier alpha value is -2.90. The molecule has 27 heavy (non-hydrogen) atoms. The number of hydrogen-bond donors (Lipinski definition) is 4. The maximum atomic E-state index is 12.2. The largest absolute Gasteiger partial charge is 0.481 e. The molecule has 146 valence electrons. The number of aliphatic carboxylic acids is 1. The van der Waals surface area contributed by atoms with Crippen LogP contribution in [0.25, 0.3) is 0 Å². The van der Waals surface area contributed by atoms with Crippen LogP contribution < -0.4 is 16.0 Å². The van der Waals surface area contributed by atoms with Crippen LogP contribution in [0.1, 0.15) is 49.4 Å². The minimum absolute atomic E-state index is 0.000766. The van der Waals surface area contributed by atoms with Crippen molar-refractivity contribution in [3.8, 4) is 0 Å². The second-order valence-corrected chi connectivity index (χ2v) is 6.68. The summed E-state index contributed by atoms with van der Waals surface area (Å²) in [5.41, 5.74) is 0.866. The van der Waals surface area contributed by atoms with Crippen molar-refractivity contribution in [2.45, 2.75) is 45.1 Å². The first-order valence-corrected chi connectivity index (χ1v) is 9.08. The fraction of sp³-hybridized carbons (Fsp3) is 0.474. The predicted molar refractivity (Wildman–Crippen MR) is 99.2 cm³/mol. The van der Waals surface area contributed by atoms with E-state index in [1.165, 1.54) is 12.1 Å². The third-order valence-electron chi connectivity index (χ3n) is 4.52. The van der Waals surface area contributed by atoms with Crippen molar-refractivity contribution in [1.29, 1.82) is 0 Å². The molecule has 0 bridgehead atoms. The summed E-state index contributed by atoms with van der Waals surface area (Å²) in [7, 11) is 0. The molecule has 1 aliphatic carbocycles. The predicted octanol–water partition coefficient (Wildman–Crippen LogP) is 1.52. The van der Waals surface area contributed by atoms with Crippen molar-refractivity contribution in [2.24, 2.45) is 5.92 Å². The highest BCUT2D eigenvalue weighted by atomic mass is 16.4. The van der Waals surface area contributed by atoms with Crippen LogP contribution in [0.4, 0.5) is 5.69 Å². The van der Waals surface area contributed by atoms with Crippen LogP contribution in [0.2, 0.25) is 0 Å². The molecule has 0 aliphatic heterocycles. The number of hydrogen-bond acceptors (Lipinski definition) is 4. The molecule has 4 N–H and O–H groups in total. The number of benzene rings is 1. The summed E-state index contributed by atoms with van der Waals surface area (Å²) in [6.07, 6.45) is 3.69. The van der Waals surface area contributed by atoms with Gasteiger partial charge in [0.05, 0.1) is 6.42 Å². The summed E-state index contributed by atoms with van der Waals surface area (Å²) in [4.78, 5) is 46.6. The highest BCUT2D eigenvalue weighted by Crippen LogP contribution is 2.24. The van der Waals surface area contributed by atoms with E-state index in [1.54, 1.807) is 19.1 Å². The first kappa shape index (κ1) is 20.4. The third kappa shape index (κ3) is 6.40. The van der Waals surface area contributed by atoms with Crippen LogP contribution in [0.15, 0.2) is 24.3 Å². The lowest BCUT2D eigenvalue weighted by molar-refractivity contribution is -0.136. The minimum atomic E-state index is -0.984. The van der Waals surface area contributed by atoms with Gasteiger partial charge < -0.3 is 21.1 Å². The van der Waals surface area contributed by atoms with Crippen molar-refractivity contribution in [3.05, 3.63) is 29.8 Å². The van der Waals surface area contributed by atoms with E-state index in [4.69, 9.17) is 5.11 Å². The highest BCUT2D eigenvalue weighted by Gasteiger charge is 2.25. The van der Waals surface area contributed by atoms with Crippen LogP contribution in [0, 0.1) is 5.92 Å². The zero-order valence-electron chi connectivity index (χ0n) is 15.3. The van der Waals surface area contributed by atoms with E-state index in [2.05, 4.69) is 16.0 Å². The van der Waals surface area contributed by atoms with Gasteiger partial charge in [0.15, 0.2) is 0 Å². The van der Waals surface area contributed by atoms with E-state index in [1.807, 2.05) is 0 Å². The quantitative estimate of drug-likeness (QED) is 0.548. The molecule has 0 spiro atoms. The number of carboxylic acids is 1. The molecule has 1 unspecified atom stereocenters. The van der Waals surface area contributed by atoms with E-state index in [-0.39, 0.29) is 36.6 Å². The average molecular weight is 375 g/mol. The van der Waals surface area contributed by atoms with Gasteiger partial charge in [0.1, 0.15) is 6.04 Å². The Morgan fingerprint density at radius 3 is 2.33 bits per heavy atom. The van der Waals surface area contributed by atoms with Crippen molar-refractivity contribution in [3.63, 3.8) is 0 Å². The van der Waals surface area contributed by atoms with E-state index in [0.717, 1.165) is 25.7 Å². The summed E-state index contributed by atoms with van der Waals surface area (Å²) < 4.78 is 0. The Balaban J connectivity index is 1.82. The number of carbonyl (C=O) groups excluding carboxylic acids is 3. The number of amides is 3. The molecular weight excluding hydrogens is 350 g/mol. The Bertz CT molecular complexity index is 696. The van der Waals surface area contributed by atoms with E-state index >= 15 is 0 Å². The molecule has 0 heterocycles. The molecule has 1 atom stereocenters. The molecule has 2 rings (SSSR count). The van der Waals surface area contributed by atoms with Crippen LogP contribution in [0.3, 0.4) is 0 Å². The van der Waals surface area contributed by atoms with Crippen molar-refractivity contribution >= 4 is 29.4 Å². The Labute approximate surface area is 157 Å². The van der Waals surface area contributed by atoms with E-state index < -0.39 is 12.0 Å². The molecule has 0 aromatic heterocycles. The normalized spacial score (nSPS) is 15.0. The zero-order valence-corrected chi connectivity index (χ0v) is 15.3. The summed E-state index contributed by atoms with van der Waals surface area (Å²) in [5.74, 6) is -1.78. The maximum Gasteiger partial charge on any atom is 0.305 e. The molecule has 1 fully saturated rings. The Morgan fingerprint density at radius 2 is 1.74 bits per heavy atom. The topological polar surface area (TPSA) is 125 Å². The third-order valence-corrected chi connectivity index (χ3v) is 4.52. The van der Waals surface area contributed by atoms with E-state index in [9.17, 15) is 19.2 Å². The molecule has 1 aromatic carbocycles. The first-order valence-electron chi connectivity index (χ1n) is 9.08. The van der Waals surface area contributed by atoms with Crippen LogP contribution in [-0.2, 0) is 14.4 Å². The fourth-order valence-corrected chi connectivity index (χ4v) is 2.93. The van der Waals surface area contributed by atoms with Gasteiger partial charge in [-0.2, -0.15) is 0 Å². The standard InChI is InChI=1S/C19H25N3O5/c1-12(21-19(27)13-4-2-3-5-13)17(25)22-15-8-6-14(7-9-15)18(26)20-11-10-16(23)24/h6-9,12-13H,2-5,10-11H2,1H3,(H,20,26)(H,21,27)(H,22,25)(H,23,24). The number of nitrogens with one attached hydrogen (secondary N) is 3. The fourth-order valence-electron chi connectivity index (χ4n) is 2.93. The van der Waals surface area contributed by atoms with Gasteiger partial charge in [0, 0.05) is 23.7 Å². The van der Waals surface area contributed by atoms with Gasteiger partial charge in [0.25, 0.3) is 5.91 Å². The molecular formula is C19H25N3O5. The maximum absolute atomic E-state index is 12.2. The number of carboxylic acid groups (broad SMARTS) is 1. The monoisotopic (exact) mass is 375 g/mol. The summed E-state index contributed by atoms with van der Waals surface area (Å²) in [5, 5.41) is 16.5. The average Bonchev–Trinajstić information content (AvgIpc) is 3.16. The van der Waals surface area contributed by atoms with Gasteiger partial charge >= 0.3 is 5.97 Å². The number of carbonyl (C=O) groups is 4. The summed E-state index contributed by atoms with van der Waals surface area (Å²) in [6.45, 7) is 1.68. The van der Waals surface area contributed by atoms with Crippen LogP contribution >= 0.6 is 0 Å². The second kappa shape index (κ2) is 9.70. The Morgan fingerprint density at radius 1 is 1.11 bits per heavy atom. The van der Waals surface area contributed by atoms with Gasteiger partial charge in [-0.15, -0.1) is 0 Å². The molecule has 3 amide bonds. The molecule has 1 saturated carbocycles. The van der Waals surface area contributed by atoms with Gasteiger partial charge in [0.2, 0.25) is 11.8 Å². The molecule has 0 radical (unpaired) electrons. The highest BCUT2D eigenvalue weighted by molar-refractivity contribution is 5.98. The van der Waals surface area contributed by atoms with E-state index in [0.29, 0.717) is 11.3 Å². The SMILES string of the molecule is CC(NC(=O)C1CCCC1)C(=O)Nc1ccc(C(=O)NCCC(=O)O)cc1. The minimum Gasteiger partial charge on any atom is -0.481 e. The van der Waals surface area contributed by atoms with Crippen LogP contribution in [-0.4, -0.2) is 41.4 Å². The van der Waals surface area contributed by atoms with Crippen molar-refractivity contribution in [2.75, 3.05) is 11.9 Å². The number of rotatable bonds is 8. The summed E-state index contributed by atoms with van der Waals surface area (Å²) >= 11 is 0. The molecule has 0 saturated heterocycles. The lowest BCUT2D eigenvalue weighted by Gasteiger charge is -2.17. The van der Waals surface area contributed by atoms with Crippen molar-refractivity contribution in [1.82, 2.24) is 10.6 Å². The first-order chi connectivity index (χ1) is 12.9. The van der Waals surface area contributed by atoms with Gasteiger partial charge in [-0.25, -0.2) is 0 Å². The second-order valence-electron chi connectivity index (χ2n) is 6.68. The van der Waals surface area contributed by atoms with Crippen LogP contribution in [0.5, 0.6) is 0 Å². The Kier molecular flexibility index (Phi) is 7.34. The van der Waals surface area contributed by atoms with Crippen molar-refractivity contribution < 1.29 is 24.3 Å². The molecule has 8 nitrogen and oxygen atoms in total. The zero-order chi connectivity index (χ0) is 19.8. The van der Waals surface area contributed by atoms with Gasteiger partial charge in [-0.1, -0.05) is 12.8 Å². The lowest BCUT2D eigenvalue weighted by atomic mass is 10.1.